The van der Waals surface area contributed by atoms with E-state index in [1.807, 2.05) is 18.3 Å². The summed E-state index contributed by atoms with van der Waals surface area (Å²) in [6, 6.07) is 7.12. The fourth-order valence-corrected chi connectivity index (χ4v) is 8.14. The van der Waals surface area contributed by atoms with Gasteiger partial charge < -0.3 is 15.3 Å². The molecular weight excluding hydrogens is 462 g/mol. The van der Waals surface area contributed by atoms with E-state index in [2.05, 4.69) is 15.2 Å². The molecule has 188 valence electrons. The van der Waals surface area contributed by atoms with E-state index < -0.39 is 17.2 Å². The van der Waals surface area contributed by atoms with Crippen LogP contribution >= 0.6 is 0 Å². The molecule has 6 nitrogen and oxygen atoms in total. The summed E-state index contributed by atoms with van der Waals surface area (Å²) in [5.74, 6) is -0.0911. The third-order valence-corrected chi connectivity index (χ3v) is 9.03. The van der Waals surface area contributed by atoms with Crippen molar-refractivity contribution >= 4 is 17.2 Å². The number of hydrogen-bond donors (Lipinski definition) is 2. The smallest absolute Gasteiger partial charge is 0.270 e. The monoisotopic (exact) mass is 492 g/mol. The second-order valence-corrected chi connectivity index (χ2v) is 11.7. The van der Waals surface area contributed by atoms with Crippen LogP contribution in [0, 0.1) is 23.5 Å². The second-order valence-electron chi connectivity index (χ2n) is 11.7. The molecule has 8 rings (SSSR count). The maximum absolute atomic E-state index is 14.6. The third kappa shape index (κ3) is 3.52. The van der Waals surface area contributed by atoms with Crippen molar-refractivity contribution in [1.82, 2.24) is 14.7 Å². The van der Waals surface area contributed by atoms with E-state index in [1.165, 1.54) is 12.1 Å². The largest absolute Gasteiger partial charge is 0.390 e. The summed E-state index contributed by atoms with van der Waals surface area (Å²) in [4.78, 5) is 20.1. The van der Waals surface area contributed by atoms with E-state index in [0.717, 1.165) is 56.7 Å². The highest BCUT2D eigenvalue weighted by atomic mass is 19.1. The highest BCUT2D eigenvalue weighted by molar-refractivity contribution is 5.94. The number of aliphatic hydroxyl groups is 1. The molecule has 3 aromatic rings. The number of carbonyl (C=O) groups is 1. The molecule has 5 aliphatic rings. The van der Waals surface area contributed by atoms with Crippen molar-refractivity contribution in [2.24, 2.45) is 11.8 Å². The summed E-state index contributed by atoms with van der Waals surface area (Å²) in [5.41, 5.74) is 1.29. The minimum Gasteiger partial charge on any atom is -0.390 e. The van der Waals surface area contributed by atoms with Crippen LogP contribution in [-0.2, 0) is 0 Å². The average molecular weight is 493 g/mol. The first-order valence-corrected chi connectivity index (χ1v) is 13.0. The van der Waals surface area contributed by atoms with Crippen LogP contribution in [0.1, 0.15) is 73.5 Å². The van der Waals surface area contributed by atoms with Crippen molar-refractivity contribution in [3.63, 3.8) is 0 Å². The minimum atomic E-state index is -0.652. The quantitative estimate of drug-likeness (QED) is 0.551. The van der Waals surface area contributed by atoms with Crippen molar-refractivity contribution in [2.75, 3.05) is 11.4 Å². The molecule has 4 saturated carbocycles. The van der Waals surface area contributed by atoms with Crippen molar-refractivity contribution < 1.29 is 18.7 Å². The predicted molar refractivity (Wildman–Crippen MR) is 131 cm³/mol. The van der Waals surface area contributed by atoms with E-state index in [1.54, 1.807) is 10.6 Å². The van der Waals surface area contributed by atoms with Crippen LogP contribution in [0.5, 0.6) is 0 Å². The van der Waals surface area contributed by atoms with Gasteiger partial charge in [-0.25, -0.2) is 13.8 Å². The fraction of sp³-hybridized carbons (Fsp3) is 0.500. The molecule has 0 spiro atoms. The lowest BCUT2D eigenvalue weighted by molar-refractivity contribution is -0.139. The number of carbonyl (C=O) groups excluding carboxylic acids is 1. The summed E-state index contributed by atoms with van der Waals surface area (Å²) in [7, 11) is 0. The lowest BCUT2D eigenvalue weighted by Gasteiger charge is -2.60. The summed E-state index contributed by atoms with van der Waals surface area (Å²) >= 11 is 0. The molecule has 2 unspecified atom stereocenters. The molecule has 36 heavy (non-hydrogen) atoms. The maximum Gasteiger partial charge on any atom is 0.270 e. The Morgan fingerprint density at radius 2 is 1.92 bits per heavy atom. The number of rotatable bonds is 4. The van der Waals surface area contributed by atoms with Crippen LogP contribution in [0.2, 0.25) is 0 Å². The number of aromatic nitrogens is 2. The van der Waals surface area contributed by atoms with Crippen LogP contribution < -0.4 is 10.2 Å². The number of amides is 1. The normalized spacial score (nSPS) is 33.0. The van der Waals surface area contributed by atoms with Crippen LogP contribution in [0.25, 0.3) is 5.65 Å². The molecule has 4 aliphatic carbocycles. The molecule has 2 N–H and O–H groups in total. The van der Waals surface area contributed by atoms with Crippen molar-refractivity contribution in [3.8, 4) is 0 Å². The zero-order chi connectivity index (χ0) is 24.7. The minimum absolute atomic E-state index is 0.181. The van der Waals surface area contributed by atoms with E-state index in [-0.39, 0.29) is 17.5 Å². The number of fused-ring (bicyclic) bond motifs is 1. The van der Waals surface area contributed by atoms with E-state index in [4.69, 9.17) is 0 Å². The first kappa shape index (κ1) is 22.2. The number of nitrogens with zero attached hydrogens (tertiary/aromatic N) is 3. The zero-order valence-corrected chi connectivity index (χ0v) is 20.1. The summed E-state index contributed by atoms with van der Waals surface area (Å²) in [5, 5.41) is 14.4. The summed E-state index contributed by atoms with van der Waals surface area (Å²) < 4.78 is 30.3. The molecule has 3 atom stereocenters. The molecule has 8 heteroatoms. The van der Waals surface area contributed by atoms with Crippen LogP contribution in [0.4, 0.5) is 14.5 Å². The van der Waals surface area contributed by atoms with Gasteiger partial charge in [0.1, 0.15) is 23.0 Å². The van der Waals surface area contributed by atoms with Crippen LogP contribution in [0.3, 0.4) is 0 Å². The Kier molecular flexibility index (Phi) is 4.78. The van der Waals surface area contributed by atoms with E-state index in [0.29, 0.717) is 41.7 Å². The van der Waals surface area contributed by atoms with Gasteiger partial charge >= 0.3 is 0 Å². The average Bonchev–Trinajstić information content (AvgIpc) is 3.45. The number of benzene rings is 1. The van der Waals surface area contributed by atoms with Crippen molar-refractivity contribution in [3.05, 3.63) is 65.6 Å². The van der Waals surface area contributed by atoms with Crippen molar-refractivity contribution in [2.45, 2.75) is 68.5 Å². The molecule has 1 aromatic carbocycles. The number of anilines is 1. The van der Waals surface area contributed by atoms with Gasteiger partial charge in [0.05, 0.1) is 23.5 Å². The number of pyridine rings is 1. The number of nitrogens with one attached hydrogen (secondary N) is 1. The lowest BCUT2D eigenvalue weighted by atomic mass is 9.51. The summed E-state index contributed by atoms with van der Waals surface area (Å²) in [6.07, 6.45) is 10.4. The molecule has 0 radical (unpaired) electrons. The van der Waals surface area contributed by atoms with Gasteiger partial charge in [0.2, 0.25) is 0 Å². The molecular formula is C28H30F2N4O2. The van der Waals surface area contributed by atoms with E-state index in [9.17, 15) is 18.7 Å². The van der Waals surface area contributed by atoms with Gasteiger partial charge in [-0.05, 0) is 93.5 Å². The Labute approximate surface area is 208 Å². The van der Waals surface area contributed by atoms with Crippen molar-refractivity contribution in [1.29, 1.82) is 0 Å². The Bertz CT molecular complexity index is 1360. The molecule has 5 fully saturated rings. The number of imidazole rings is 1. The molecule has 3 heterocycles. The van der Waals surface area contributed by atoms with Crippen LogP contribution in [0.15, 0.2) is 42.7 Å². The van der Waals surface area contributed by atoms with Gasteiger partial charge in [0, 0.05) is 23.8 Å². The number of hydrogen-bond acceptors (Lipinski definition) is 4. The number of halogens is 2. The molecule has 1 amide bonds. The van der Waals surface area contributed by atoms with Gasteiger partial charge in [-0.2, -0.15) is 0 Å². The van der Waals surface area contributed by atoms with Gasteiger partial charge in [-0.15, -0.1) is 0 Å². The van der Waals surface area contributed by atoms with E-state index >= 15 is 0 Å². The second kappa shape index (κ2) is 7.75. The Hall–Kier alpha value is -3.00. The summed E-state index contributed by atoms with van der Waals surface area (Å²) in [6.45, 7) is 0.715. The lowest BCUT2D eigenvalue weighted by Crippen LogP contribution is -2.65. The van der Waals surface area contributed by atoms with Gasteiger partial charge in [0.25, 0.3) is 5.91 Å². The van der Waals surface area contributed by atoms with Gasteiger partial charge in [-0.1, -0.05) is 0 Å². The first-order chi connectivity index (χ1) is 17.3. The highest BCUT2D eigenvalue weighted by Crippen LogP contribution is 2.57. The molecule has 1 aliphatic heterocycles. The molecule has 2 aromatic heterocycles. The Morgan fingerprint density at radius 1 is 1.11 bits per heavy atom. The molecule has 4 bridgehead atoms. The third-order valence-electron chi connectivity index (χ3n) is 9.03. The first-order valence-electron chi connectivity index (χ1n) is 13.0. The Balaban J connectivity index is 1.19. The SMILES string of the molecule is O=C(NC12CC3CC(CC(O)(C3)C1)C2)c1cnc2ccc(N3CCC[C@@H]3c3cc(F)ccc3F)cn12. The zero-order valence-electron chi connectivity index (χ0n) is 20.1. The van der Waals surface area contributed by atoms with Gasteiger partial charge in [-0.3, -0.25) is 9.20 Å². The Morgan fingerprint density at radius 3 is 2.69 bits per heavy atom. The van der Waals surface area contributed by atoms with Gasteiger partial charge in [0.15, 0.2) is 0 Å². The topological polar surface area (TPSA) is 69.9 Å². The standard InChI is InChI=1S/C28H30F2N4O2/c29-19-3-5-22(30)21(9-19)23-2-1-7-33(23)20-4-6-25-31-14-24(34(25)15-20)26(35)32-27-10-17-8-18(11-27)13-28(36,12-17)16-27/h3-6,9,14-15,17-18,23,36H,1-2,7-8,10-13,16H2,(H,32,35)/t17?,18?,23-,27?,28?/m1/s1. The highest BCUT2D eigenvalue weighted by Gasteiger charge is 2.57. The predicted octanol–water partition coefficient (Wildman–Crippen LogP) is 4.77. The fourth-order valence-electron chi connectivity index (χ4n) is 8.14. The molecule has 1 saturated heterocycles. The maximum atomic E-state index is 14.6. The van der Waals surface area contributed by atoms with Crippen LogP contribution in [-0.4, -0.2) is 38.1 Å².